The summed E-state index contributed by atoms with van der Waals surface area (Å²) in [7, 11) is 1.57. The van der Waals surface area contributed by atoms with Gasteiger partial charge in [0.1, 0.15) is 23.3 Å². The van der Waals surface area contributed by atoms with E-state index in [9.17, 15) is 10.1 Å². The van der Waals surface area contributed by atoms with E-state index in [0.29, 0.717) is 60.3 Å². The number of pyridine rings is 1. The monoisotopic (exact) mass is 434 g/mol. The molecule has 0 spiro atoms. The Balaban J connectivity index is 1.62. The van der Waals surface area contributed by atoms with Crippen molar-refractivity contribution < 1.29 is 14.3 Å². The molecule has 1 saturated heterocycles. The molecule has 0 saturated carbocycles. The molecule has 1 unspecified atom stereocenters. The number of morpholine rings is 1. The molecule has 1 aliphatic rings. The first-order chi connectivity index (χ1) is 15.5. The number of carbonyl (C=O) groups is 1. The van der Waals surface area contributed by atoms with E-state index >= 15 is 0 Å². The van der Waals surface area contributed by atoms with Crippen molar-refractivity contribution >= 4 is 34.1 Å². The average molecular weight is 435 g/mol. The molecule has 2 aromatic heterocycles. The van der Waals surface area contributed by atoms with Crippen molar-refractivity contribution in [3.05, 3.63) is 41.6 Å². The predicted molar refractivity (Wildman–Crippen MR) is 123 cm³/mol. The minimum atomic E-state index is -0.0469. The van der Waals surface area contributed by atoms with Crippen molar-refractivity contribution in [2.75, 3.05) is 44.0 Å². The van der Waals surface area contributed by atoms with Crippen molar-refractivity contribution in [3.8, 4) is 11.8 Å². The van der Waals surface area contributed by atoms with E-state index in [0.717, 1.165) is 11.1 Å². The van der Waals surface area contributed by atoms with Crippen LogP contribution in [-0.4, -0.2) is 60.2 Å². The molecule has 3 N–H and O–H groups in total. The molecule has 4 rings (SSSR count). The molecule has 1 aromatic carbocycles. The van der Waals surface area contributed by atoms with Gasteiger partial charge in [-0.1, -0.05) is 0 Å². The molecule has 9 heteroatoms. The van der Waals surface area contributed by atoms with Crippen LogP contribution in [0.2, 0.25) is 0 Å². The Bertz CT molecular complexity index is 1180. The first-order valence-electron chi connectivity index (χ1n) is 10.6. The van der Waals surface area contributed by atoms with E-state index in [1.54, 1.807) is 30.3 Å². The number of nitrogens with zero attached hydrogens (tertiary/aromatic N) is 3. The summed E-state index contributed by atoms with van der Waals surface area (Å²) in [5, 5.41) is 16.7. The Morgan fingerprint density at radius 3 is 2.97 bits per heavy atom. The van der Waals surface area contributed by atoms with Crippen LogP contribution in [0.3, 0.4) is 0 Å². The van der Waals surface area contributed by atoms with Crippen molar-refractivity contribution in [1.29, 1.82) is 5.26 Å². The van der Waals surface area contributed by atoms with Crippen LogP contribution in [0.4, 0.5) is 17.2 Å². The maximum Gasteiger partial charge on any atom is 0.254 e. The van der Waals surface area contributed by atoms with Crippen LogP contribution in [0.5, 0.6) is 5.75 Å². The minimum Gasteiger partial charge on any atom is -0.495 e. The summed E-state index contributed by atoms with van der Waals surface area (Å²) in [6.45, 7) is 6.34. The summed E-state index contributed by atoms with van der Waals surface area (Å²) in [5.74, 6) is 1.07. The molecule has 0 radical (unpaired) electrons. The highest BCUT2D eigenvalue weighted by Crippen LogP contribution is 2.33. The third kappa shape index (κ3) is 4.18. The molecule has 0 bridgehead atoms. The van der Waals surface area contributed by atoms with E-state index < -0.39 is 0 Å². The molecule has 3 aromatic rings. The fourth-order valence-corrected chi connectivity index (χ4v) is 3.87. The third-order valence-electron chi connectivity index (χ3n) is 5.37. The number of amides is 1. The number of benzene rings is 1. The van der Waals surface area contributed by atoms with E-state index in [1.807, 2.05) is 26.0 Å². The molecule has 1 atom stereocenters. The number of ether oxygens (including phenoxy) is 2. The number of hydrogen-bond acceptors (Lipinski definition) is 7. The minimum absolute atomic E-state index is 0.0250. The highest BCUT2D eigenvalue weighted by atomic mass is 16.5. The van der Waals surface area contributed by atoms with Gasteiger partial charge in [0.2, 0.25) is 0 Å². The highest BCUT2D eigenvalue weighted by Gasteiger charge is 2.23. The van der Waals surface area contributed by atoms with Gasteiger partial charge < -0.3 is 30.0 Å². The molecule has 1 fully saturated rings. The first kappa shape index (κ1) is 21.5. The number of carbonyl (C=O) groups excluding carboxylic acids is 1. The lowest BCUT2D eigenvalue weighted by Crippen LogP contribution is -2.44. The lowest BCUT2D eigenvalue weighted by atomic mass is 10.1. The number of H-pyrrole nitrogens is 1. The number of aromatic amines is 1. The van der Waals surface area contributed by atoms with Crippen LogP contribution < -0.4 is 15.4 Å². The van der Waals surface area contributed by atoms with Crippen molar-refractivity contribution in [2.24, 2.45) is 0 Å². The Kier molecular flexibility index (Phi) is 6.14. The molecule has 1 aliphatic heterocycles. The normalized spacial score (nSPS) is 15.9. The molecule has 1 amide bonds. The largest absolute Gasteiger partial charge is 0.495 e. The Hall–Kier alpha value is -3.77. The SMILES string of the molecule is CCNc1cc(Nc2ccc(C(=O)N3CCOC(C)C3)cc2OC)nc2[nH]cc(C#N)c12. The van der Waals surface area contributed by atoms with Crippen LogP contribution in [0.1, 0.15) is 29.8 Å². The van der Waals surface area contributed by atoms with Gasteiger partial charge in [-0.15, -0.1) is 0 Å². The summed E-state index contributed by atoms with van der Waals surface area (Å²) in [6, 6.07) is 9.36. The molecule has 166 valence electrons. The van der Waals surface area contributed by atoms with Gasteiger partial charge >= 0.3 is 0 Å². The number of rotatable bonds is 6. The summed E-state index contributed by atoms with van der Waals surface area (Å²) in [5.41, 5.74) is 3.19. The summed E-state index contributed by atoms with van der Waals surface area (Å²) < 4.78 is 11.1. The number of nitriles is 1. The van der Waals surface area contributed by atoms with Gasteiger partial charge in [0.25, 0.3) is 5.91 Å². The average Bonchev–Trinajstić information content (AvgIpc) is 3.22. The summed E-state index contributed by atoms with van der Waals surface area (Å²) >= 11 is 0. The van der Waals surface area contributed by atoms with Crippen molar-refractivity contribution in [1.82, 2.24) is 14.9 Å². The maximum absolute atomic E-state index is 12.9. The zero-order chi connectivity index (χ0) is 22.7. The molecule has 3 heterocycles. The van der Waals surface area contributed by atoms with E-state index in [1.165, 1.54) is 0 Å². The first-order valence-corrected chi connectivity index (χ1v) is 10.6. The summed E-state index contributed by atoms with van der Waals surface area (Å²) in [4.78, 5) is 22.4. The molecule has 32 heavy (non-hydrogen) atoms. The van der Waals surface area contributed by atoms with Gasteiger partial charge in [-0.05, 0) is 32.0 Å². The van der Waals surface area contributed by atoms with Crippen LogP contribution >= 0.6 is 0 Å². The van der Waals surface area contributed by atoms with E-state index in [-0.39, 0.29) is 12.0 Å². The number of anilines is 3. The highest BCUT2D eigenvalue weighted by molar-refractivity contribution is 5.97. The lowest BCUT2D eigenvalue weighted by Gasteiger charge is -2.31. The summed E-state index contributed by atoms with van der Waals surface area (Å²) in [6.07, 6.45) is 1.67. The van der Waals surface area contributed by atoms with Crippen LogP contribution in [-0.2, 0) is 4.74 Å². The zero-order valence-corrected chi connectivity index (χ0v) is 18.4. The molecule has 9 nitrogen and oxygen atoms in total. The second kappa shape index (κ2) is 9.16. The van der Waals surface area contributed by atoms with Crippen molar-refractivity contribution in [2.45, 2.75) is 20.0 Å². The second-order valence-corrected chi connectivity index (χ2v) is 7.60. The van der Waals surface area contributed by atoms with Gasteiger partial charge in [0.05, 0.1) is 42.1 Å². The van der Waals surface area contributed by atoms with Crippen LogP contribution in [0.15, 0.2) is 30.5 Å². The number of nitrogens with one attached hydrogen (secondary N) is 3. The van der Waals surface area contributed by atoms with E-state index in [2.05, 4.69) is 26.7 Å². The molecule has 0 aliphatic carbocycles. The second-order valence-electron chi connectivity index (χ2n) is 7.60. The van der Waals surface area contributed by atoms with Crippen molar-refractivity contribution in [3.63, 3.8) is 0 Å². The Morgan fingerprint density at radius 1 is 1.41 bits per heavy atom. The standard InChI is InChI=1S/C23H26N6O3/c1-4-25-18-10-20(28-22-21(18)16(11-24)12-26-22)27-17-6-5-15(9-19(17)31-3)23(30)29-7-8-32-14(2)13-29/h5-6,9-10,12,14H,4,7-8,13H2,1-3H3,(H3,25,26,27,28). The maximum atomic E-state index is 12.9. The third-order valence-corrected chi connectivity index (χ3v) is 5.37. The topological polar surface area (TPSA) is 115 Å². The van der Waals surface area contributed by atoms with Gasteiger partial charge in [0, 0.05) is 37.5 Å². The fourth-order valence-electron chi connectivity index (χ4n) is 3.87. The number of hydrogen-bond donors (Lipinski definition) is 3. The number of fused-ring (bicyclic) bond motifs is 1. The van der Waals surface area contributed by atoms with Crippen LogP contribution in [0.25, 0.3) is 11.0 Å². The predicted octanol–water partition coefficient (Wildman–Crippen LogP) is 3.48. The molecular formula is C23H26N6O3. The Labute approximate surface area is 186 Å². The smallest absolute Gasteiger partial charge is 0.254 e. The van der Waals surface area contributed by atoms with Gasteiger partial charge in [0.15, 0.2) is 0 Å². The van der Waals surface area contributed by atoms with Gasteiger partial charge in [-0.3, -0.25) is 4.79 Å². The van der Waals surface area contributed by atoms with Crippen LogP contribution in [0, 0.1) is 11.3 Å². The molecular weight excluding hydrogens is 408 g/mol. The Morgan fingerprint density at radius 2 is 2.25 bits per heavy atom. The lowest BCUT2D eigenvalue weighted by molar-refractivity contribution is -0.0124. The number of aromatic nitrogens is 2. The number of methoxy groups -OCH3 is 1. The zero-order valence-electron chi connectivity index (χ0n) is 18.4. The van der Waals surface area contributed by atoms with E-state index in [4.69, 9.17) is 9.47 Å². The van der Waals surface area contributed by atoms with Gasteiger partial charge in [-0.2, -0.15) is 5.26 Å². The van der Waals surface area contributed by atoms with Gasteiger partial charge in [-0.25, -0.2) is 4.98 Å². The quantitative estimate of drug-likeness (QED) is 0.544. The fraction of sp³-hybridized carbons (Fsp3) is 0.348.